The van der Waals surface area contributed by atoms with E-state index in [4.69, 9.17) is 0 Å². The number of thiazole rings is 1. The van der Waals surface area contributed by atoms with E-state index < -0.39 is 0 Å². The maximum absolute atomic E-state index is 4.59. The van der Waals surface area contributed by atoms with Crippen molar-refractivity contribution in [1.82, 2.24) is 14.7 Å². The summed E-state index contributed by atoms with van der Waals surface area (Å²) in [6, 6.07) is 0. The molecule has 0 aliphatic carbocycles. The number of nitrogens with one attached hydrogen (secondary N) is 1. The third kappa shape index (κ3) is 2.69. The van der Waals surface area contributed by atoms with Crippen LogP contribution in [0, 0.1) is 19.8 Å². The van der Waals surface area contributed by atoms with Gasteiger partial charge in [0.05, 0.1) is 11.4 Å². The molecule has 0 amide bonds. The van der Waals surface area contributed by atoms with Crippen molar-refractivity contribution < 1.29 is 0 Å². The molecule has 94 valence electrons. The third-order valence-electron chi connectivity index (χ3n) is 3.22. The van der Waals surface area contributed by atoms with Gasteiger partial charge in [-0.05, 0) is 26.3 Å². The first-order chi connectivity index (χ1) is 8.11. The first kappa shape index (κ1) is 12.6. The van der Waals surface area contributed by atoms with E-state index in [9.17, 15) is 0 Å². The Balaban J connectivity index is 2.09. The van der Waals surface area contributed by atoms with E-state index in [0.717, 1.165) is 29.7 Å². The summed E-state index contributed by atoms with van der Waals surface area (Å²) in [5, 5.41) is 3.52. The zero-order valence-corrected chi connectivity index (χ0v) is 11.9. The first-order valence-electron chi connectivity index (χ1n) is 6.26. The Bertz CT molecular complexity index is 498. The van der Waals surface area contributed by atoms with Gasteiger partial charge in [0.2, 0.25) is 0 Å². The molecule has 0 fully saturated rings. The lowest BCUT2D eigenvalue weighted by Crippen LogP contribution is -2.21. The van der Waals surface area contributed by atoms with Crippen LogP contribution in [0.2, 0.25) is 0 Å². The van der Waals surface area contributed by atoms with E-state index >= 15 is 0 Å². The molecule has 17 heavy (non-hydrogen) atoms. The SMILES string of the molecule is CCC(C)CNCc1c(C)nc2sc(C)cn12. The van der Waals surface area contributed by atoms with Gasteiger partial charge in [-0.3, -0.25) is 4.40 Å². The molecule has 2 aromatic heterocycles. The number of hydrogen-bond acceptors (Lipinski definition) is 3. The summed E-state index contributed by atoms with van der Waals surface area (Å²) in [5.41, 5.74) is 2.44. The van der Waals surface area contributed by atoms with Gasteiger partial charge in [0.15, 0.2) is 4.96 Å². The van der Waals surface area contributed by atoms with Crippen LogP contribution in [0.3, 0.4) is 0 Å². The van der Waals surface area contributed by atoms with E-state index in [-0.39, 0.29) is 0 Å². The highest BCUT2D eigenvalue weighted by Crippen LogP contribution is 2.20. The predicted octanol–water partition coefficient (Wildman–Crippen LogP) is 3.15. The normalized spacial score (nSPS) is 13.4. The summed E-state index contributed by atoms with van der Waals surface area (Å²) >= 11 is 1.76. The summed E-state index contributed by atoms with van der Waals surface area (Å²) in [7, 11) is 0. The molecule has 0 aliphatic rings. The van der Waals surface area contributed by atoms with Crippen LogP contribution in [0.1, 0.15) is 36.5 Å². The molecule has 0 spiro atoms. The average molecular weight is 251 g/mol. The van der Waals surface area contributed by atoms with Gasteiger partial charge in [-0.25, -0.2) is 4.98 Å². The molecule has 0 saturated heterocycles. The minimum absolute atomic E-state index is 0.739. The van der Waals surface area contributed by atoms with Gasteiger partial charge < -0.3 is 5.32 Å². The average Bonchev–Trinajstić information content (AvgIpc) is 2.76. The number of hydrogen-bond donors (Lipinski definition) is 1. The van der Waals surface area contributed by atoms with Crippen LogP contribution < -0.4 is 5.32 Å². The smallest absolute Gasteiger partial charge is 0.194 e. The maximum Gasteiger partial charge on any atom is 0.194 e. The van der Waals surface area contributed by atoms with Gasteiger partial charge in [-0.2, -0.15) is 0 Å². The molecular formula is C13H21N3S. The number of aromatic nitrogens is 2. The van der Waals surface area contributed by atoms with Crippen molar-refractivity contribution in [2.75, 3.05) is 6.54 Å². The van der Waals surface area contributed by atoms with E-state index in [1.807, 2.05) is 0 Å². The highest BCUT2D eigenvalue weighted by atomic mass is 32.1. The molecule has 4 heteroatoms. The van der Waals surface area contributed by atoms with Crippen molar-refractivity contribution in [3.63, 3.8) is 0 Å². The summed E-state index contributed by atoms with van der Waals surface area (Å²) < 4.78 is 2.22. The van der Waals surface area contributed by atoms with Gasteiger partial charge in [0.1, 0.15) is 0 Å². The third-order valence-corrected chi connectivity index (χ3v) is 4.12. The molecule has 0 radical (unpaired) electrons. The summed E-state index contributed by atoms with van der Waals surface area (Å²) in [6.45, 7) is 10.7. The topological polar surface area (TPSA) is 29.3 Å². The molecule has 0 saturated carbocycles. The Morgan fingerprint density at radius 2 is 2.24 bits per heavy atom. The van der Waals surface area contributed by atoms with Crippen LogP contribution in [0.15, 0.2) is 6.20 Å². The van der Waals surface area contributed by atoms with Gasteiger partial charge in [0, 0.05) is 17.6 Å². The molecule has 0 aromatic carbocycles. The highest BCUT2D eigenvalue weighted by molar-refractivity contribution is 7.17. The first-order valence-corrected chi connectivity index (χ1v) is 7.08. The minimum atomic E-state index is 0.739. The van der Waals surface area contributed by atoms with Crippen LogP contribution in [-0.4, -0.2) is 15.9 Å². The zero-order valence-electron chi connectivity index (χ0n) is 11.1. The Kier molecular flexibility index (Phi) is 3.84. The summed E-state index contributed by atoms with van der Waals surface area (Å²) in [4.78, 5) is 7.02. The fourth-order valence-corrected chi connectivity index (χ4v) is 2.79. The Morgan fingerprint density at radius 1 is 1.47 bits per heavy atom. The van der Waals surface area contributed by atoms with E-state index in [1.165, 1.54) is 17.0 Å². The van der Waals surface area contributed by atoms with Crippen molar-refractivity contribution in [2.45, 2.75) is 40.7 Å². The predicted molar refractivity (Wildman–Crippen MR) is 73.7 cm³/mol. The van der Waals surface area contributed by atoms with Gasteiger partial charge in [0.25, 0.3) is 0 Å². The van der Waals surface area contributed by atoms with Crippen LogP contribution in [0.5, 0.6) is 0 Å². The molecule has 2 rings (SSSR count). The van der Waals surface area contributed by atoms with Gasteiger partial charge >= 0.3 is 0 Å². The van der Waals surface area contributed by atoms with Crippen LogP contribution in [0.4, 0.5) is 0 Å². The van der Waals surface area contributed by atoms with E-state index in [2.05, 4.69) is 48.6 Å². The zero-order chi connectivity index (χ0) is 12.4. The van der Waals surface area contributed by atoms with Crippen molar-refractivity contribution in [1.29, 1.82) is 0 Å². The van der Waals surface area contributed by atoms with Crippen molar-refractivity contribution in [3.05, 3.63) is 22.5 Å². The number of fused-ring (bicyclic) bond motifs is 1. The lowest BCUT2D eigenvalue weighted by molar-refractivity contribution is 0.496. The minimum Gasteiger partial charge on any atom is -0.311 e. The summed E-state index contributed by atoms with van der Waals surface area (Å²) in [5.74, 6) is 0.739. The lowest BCUT2D eigenvalue weighted by Gasteiger charge is -2.09. The fourth-order valence-electron chi connectivity index (χ4n) is 1.90. The Labute approximate surface area is 107 Å². The van der Waals surface area contributed by atoms with Crippen LogP contribution in [-0.2, 0) is 6.54 Å². The standard InChI is InChI=1S/C13H21N3S/c1-5-9(2)6-14-7-12-11(4)15-13-16(12)8-10(3)17-13/h8-9,14H,5-7H2,1-4H3. The van der Waals surface area contributed by atoms with Crippen LogP contribution in [0.25, 0.3) is 4.96 Å². The Hall–Kier alpha value is -0.870. The monoisotopic (exact) mass is 251 g/mol. The molecule has 2 aromatic rings. The van der Waals surface area contributed by atoms with E-state index in [1.54, 1.807) is 11.3 Å². The molecule has 1 unspecified atom stereocenters. The molecular weight excluding hydrogens is 230 g/mol. The molecule has 0 bridgehead atoms. The quantitative estimate of drug-likeness (QED) is 0.884. The fraction of sp³-hybridized carbons (Fsp3) is 0.615. The molecule has 1 N–H and O–H groups in total. The largest absolute Gasteiger partial charge is 0.311 e. The van der Waals surface area contributed by atoms with Gasteiger partial charge in [-0.1, -0.05) is 20.3 Å². The summed E-state index contributed by atoms with van der Waals surface area (Å²) in [6.07, 6.45) is 3.41. The number of imidazole rings is 1. The van der Waals surface area contributed by atoms with Gasteiger partial charge in [-0.15, -0.1) is 11.3 Å². The Morgan fingerprint density at radius 3 is 2.94 bits per heavy atom. The van der Waals surface area contributed by atoms with Crippen LogP contribution >= 0.6 is 11.3 Å². The van der Waals surface area contributed by atoms with E-state index in [0.29, 0.717) is 0 Å². The van der Waals surface area contributed by atoms with Crippen molar-refractivity contribution in [2.24, 2.45) is 5.92 Å². The number of nitrogens with zero attached hydrogens (tertiary/aromatic N) is 2. The second kappa shape index (κ2) is 5.19. The molecule has 0 aliphatic heterocycles. The molecule has 1 atom stereocenters. The number of rotatable bonds is 5. The second-order valence-electron chi connectivity index (χ2n) is 4.78. The van der Waals surface area contributed by atoms with Crippen molar-refractivity contribution >= 4 is 16.3 Å². The maximum atomic E-state index is 4.59. The number of aryl methyl sites for hydroxylation is 2. The lowest BCUT2D eigenvalue weighted by atomic mass is 10.1. The molecule has 2 heterocycles. The second-order valence-corrected chi connectivity index (χ2v) is 6.00. The molecule has 3 nitrogen and oxygen atoms in total. The van der Waals surface area contributed by atoms with Crippen molar-refractivity contribution in [3.8, 4) is 0 Å². The highest BCUT2D eigenvalue weighted by Gasteiger charge is 2.10.